The second kappa shape index (κ2) is 6.43. The summed E-state index contributed by atoms with van der Waals surface area (Å²) in [5, 5.41) is 0. The van der Waals surface area contributed by atoms with E-state index in [9.17, 15) is 14.4 Å². The second-order valence-corrected chi connectivity index (χ2v) is 6.02. The first-order valence-electron chi connectivity index (χ1n) is 7.89. The van der Waals surface area contributed by atoms with E-state index in [4.69, 9.17) is 9.15 Å². The normalized spacial score (nSPS) is 12.8. The monoisotopic (exact) mass is 326 g/mol. The minimum atomic E-state index is -0.664. The van der Waals surface area contributed by atoms with Crippen LogP contribution in [-0.4, -0.2) is 18.4 Å². The molecule has 24 heavy (non-hydrogen) atoms. The first-order chi connectivity index (χ1) is 11.5. The second-order valence-electron chi connectivity index (χ2n) is 6.02. The van der Waals surface area contributed by atoms with Crippen molar-refractivity contribution in [1.29, 1.82) is 0 Å². The van der Waals surface area contributed by atoms with Crippen LogP contribution in [0.4, 0.5) is 0 Å². The Balaban J connectivity index is 1.70. The summed E-state index contributed by atoms with van der Waals surface area (Å²) in [6.45, 7) is 2.81. The number of fused-ring (bicyclic) bond motifs is 1. The highest BCUT2D eigenvalue weighted by Crippen LogP contribution is 2.23. The summed E-state index contributed by atoms with van der Waals surface area (Å²) in [5.41, 5.74) is 3.18. The van der Waals surface area contributed by atoms with Gasteiger partial charge in [-0.1, -0.05) is 12.1 Å². The summed E-state index contributed by atoms with van der Waals surface area (Å²) < 4.78 is 10.0. The van der Waals surface area contributed by atoms with Crippen molar-refractivity contribution in [3.05, 3.63) is 68.3 Å². The number of ether oxygens (including phenoxy) is 1. The summed E-state index contributed by atoms with van der Waals surface area (Å²) in [6, 6.07) is 6.86. The van der Waals surface area contributed by atoms with E-state index in [2.05, 4.69) is 0 Å². The maximum Gasteiger partial charge on any atom is 0.342 e. The highest BCUT2D eigenvalue weighted by atomic mass is 16.5. The van der Waals surface area contributed by atoms with Gasteiger partial charge in [-0.05, 0) is 55.9 Å². The first-order valence-corrected chi connectivity index (χ1v) is 7.89. The molecule has 1 aromatic carbocycles. The smallest absolute Gasteiger partial charge is 0.342 e. The van der Waals surface area contributed by atoms with Crippen LogP contribution in [0.5, 0.6) is 0 Å². The van der Waals surface area contributed by atoms with E-state index in [-0.39, 0.29) is 23.7 Å². The zero-order chi connectivity index (χ0) is 17.3. The molecule has 0 aliphatic heterocycles. The Labute approximate surface area is 139 Å². The predicted octanol–water partition coefficient (Wildman–Crippen LogP) is 2.79. The zero-order valence-corrected chi connectivity index (χ0v) is 13.7. The van der Waals surface area contributed by atoms with Crippen LogP contribution in [0.1, 0.15) is 49.6 Å². The lowest BCUT2D eigenvalue weighted by atomic mass is 10.0. The van der Waals surface area contributed by atoms with Crippen molar-refractivity contribution in [1.82, 2.24) is 0 Å². The number of carbonyl (C=O) groups is 2. The molecular formula is C19H18O5. The number of esters is 1. The number of ketones is 1. The standard InChI is InChI=1S/C19H18O5/c1-11-8-17(21)24-12(2)18(11)19(22)23-10-16(20)15-7-6-13-4-3-5-14(13)9-15/h6-9H,3-5,10H2,1-2H3. The van der Waals surface area contributed by atoms with Crippen LogP contribution in [0.2, 0.25) is 0 Å². The van der Waals surface area contributed by atoms with Crippen LogP contribution >= 0.6 is 0 Å². The molecular weight excluding hydrogens is 308 g/mol. The summed E-state index contributed by atoms with van der Waals surface area (Å²) in [6.07, 6.45) is 3.15. The van der Waals surface area contributed by atoms with Gasteiger partial charge in [-0.25, -0.2) is 9.59 Å². The van der Waals surface area contributed by atoms with E-state index in [1.54, 1.807) is 13.0 Å². The number of aryl methyl sites for hydroxylation is 4. The molecule has 0 amide bonds. The van der Waals surface area contributed by atoms with Gasteiger partial charge in [-0.15, -0.1) is 0 Å². The summed E-state index contributed by atoms with van der Waals surface area (Å²) in [7, 11) is 0. The van der Waals surface area contributed by atoms with Gasteiger partial charge in [-0.2, -0.15) is 0 Å². The first kappa shape index (κ1) is 16.2. The molecule has 3 rings (SSSR count). The van der Waals surface area contributed by atoms with Crippen molar-refractivity contribution in [3.8, 4) is 0 Å². The van der Waals surface area contributed by atoms with Gasteiger partial charge in [0.1, 0.15) is 11.3 Å². The molecule has 1 aliphatic rings. The molecule has 0 radical (unpaired) electrons. The Bertz CT molecular complexity index is 850. The number of hydrogen-bond acceptors (Lipinski definition) is 5. The molecule has 5 nitrogen and oxygen atoms in total. The van der Waals surface area contributed by atoms with Crippen LogP contribution in [0.25, 0.3) is 0 Å². The van der Waals surface area contributed by atoms with Crippen LogP contribution in [0.3, 0.4) is 0 Å². The minimum absolute atomic E-state index is 0.190. The SMILES string of the molecule is Cc1cc(=O)oc(C)c1C(=O)OCC(=O)c1ccc2c(c1)CCC2. The molecule has 124 valence electrons. The Morgan fingerprint density at radius 3 is 2.62 bits per heavy atom. The molecule has 0 saturated heterocycles. The number of hydrogen-bond donors (Lipinski definition) is 0. The molecule has 1 heterocycles. The van der Waals surface area contributed by atoms with E-state index in [1.165, 1.54) is 24.1 Å². The average molecular weight is 326 g/mol. The maximum absolute atomic E-state index is 12.3. The van der Waals surface area contributed by atoms with Crippen molar-refractivity contribution in [2.75, 3.05) is 6.61 Å². The molecule has 0 atom stereocenters. The van der Waals surface area contributed by atoms with E-state index < -0.39 is 11.6 Å². The summed E-state index contributed by atoms with van der Waals surface area (Å²) in [5.74, 6) is -0.719. The fourth-order valence-electron chi connectivity index (χ4n) is 3.09. The number of carbonyl (C=O) groups excluding carboxylic acids is 2. The molecule has 0 unspecified atom stereocenters. The molecule has 0 spiro atoms. The third-order valence-corrected chi connectivity index (χ3v) is 4.29. The average Bonchev–Trinajstić information content (AvgIpc) is 2.99. The van der Waals surface area contributed by atoms with Gasteiger partial charge in [0.2, 0.25) is 0 Å². The maximum atomic E-state index is 12.3. The van der Waals surface area contributed by atoms with Gasteiger partial charge >= 0.3 is 11.6 Å². The Morgan fingerprint density at radius 1 is 1.12 bits per heavy atom. The molecule has 0 bridgehead atoms. The number of Topliss-reactive ketones (excluding diaryl/α,β-unsaturated/α-hetero) is 1. The summed E-state index contributed by atoms with van der Waals surface area (Å²) >= 11 is 0. The fourth-order valence-corrected chi connectivity index (χ4v) is 3.09. The molecule has 5 heteroatoms. The van der Waals surface area contributed by atoms with E-state index in [0.29, 0.717) is 11.1 Å². The predicted molar refractivity (Wildman–Crippen MR) is 87.5 cm³/mol. The van der Waals surface area contributed by atoms with Crippen molar-refractivity contribution < 1.29 is 18.7 Å². The fraction of sp³-hybridized carbons (Fsp3) is 0.316. The lowest BCUT2D eigenvalue weighted by Crippen LogP contribution is -2.17. The quantitative estimate of drug-likeness (QED) is 0.638. The molecule has 0 N–H and O–H groups in total. The minimum Gasteiger partial charge on any atom is -0.454 e. The highest BCUT2D eigenvalue weighted by Gasteiger charge is 2.19. The van der Waals surface area contributed by atoms with Gasteiger partial charge in [0.15, 0.2) is 12.4 Å². The molecule has 0 saturated carbocycles. The lowest BCUT2D eigenvalue weighted by Gasteiger charge is -2.09. The van der Waals surface area contributed by atoms with Gasteiger partial charge in [0.25, 0.3) is 0 Å². The third-order valence-electron chi connectivity index (χ3n) is 4.29. The lowest BCUT2D eigenvalue weighted by molar-refractivity contribution is 0.0470. The molecule has 0 fully saturated rings. The van der Waals surface area contributed by atoms with E-state index >= 15 is 0 Å². The van der Waals surface area contributed by atoms with Crippen LogP contribution in [0.15, 0.2) is 33.5 Å². The van der Waals surface area contributed by atoms with Gasteiger partial charge in [0.05, 0.1) is 0 Å². The van der Waals surface area contributed by atoms with E-state index in [0.717, 1.165) is 19.3 Å². The molecule has 2 aromatic rings. The molecule has 1 aromatic heterocycles. The van der Waals surface area contributed by atoms with Crippen molar-refractivity contribution in [2.24, 2.45) is 0 Å². The Kier molecular flexibility index (Phi) is 4.34. The number of benzene rings is 1. The van der Waals surface area contributed by atoms with Gasteiger partial charge in [-0.3, -0.25) is 4.79 Å². The Hall–Kier alpha value is -2.69. The van der Waals surface area contributed by atoms with Crippen LogP contribution in [-0.2, 0) is 17.6 Å². The van der Waals surface area contributed by atoms with Gasteiger partial charge in [0, 0.05) is 11.6 Å². The van der Waals surface area contributed by atoms with Crippen LogP contribution < -0.4 is 5.63 Å². The van der Waals surface area contributed by atoms with Crippen molar-refractivity contribution in [3.63, 3.8) is 0 Å². The summed E-state index contributed by atoms with van der Waals surface area (Å²) in [4.78, 5) is 35.7. The highest BCUT2D eigenvalue weighted by molar-refractivity contribution is 6.00. The third kappa shape index (κ3) is 3.15. The van der Waals surface area contributed by atoms with Crippen LogP contribution in [0, 0.1) is 13.8 Å². The largest absolute Gasteiger partial charge is 0.454 e. The van der Waals surface area contributed by atoms with Crippen molar-refractivity contribution >= 4 is 11.8 Å². The topological polar surface area (TPSA) is 73.6 Å². The zero-order valence-electron chi connectivity index (χ0n) is 13.7. The van der Waals surface area contributed by atoms with E-state index in [1.807, 2.05) is 12.1 Å². The van der Waals surface area contributed by atoms with Crippen molar-refractivity contribution in [2.45, 2.75) is 33.1 Å². The Morgan fingerprint density at radius 2 is 1.88 bits per heavy atom. The van der Waals surface area contributed by atoms with Gasteiger partial charge < -0.3 is 9.15 Å². The number of rotatable bonds is 4. The molecule has 1 aliphatic carbocycles.